The highest BCUT2D eigenvalue weighted by molar-refractivity contribution is 6.34. The Morgan fingerprint density at radius 1 is 1.57 bits per heavy atom. The van der Waals surface area contributed by atoms with Gasteiger partial charge in [-0.05, 0) is 12.1 Å². The fourth-order valence-corrected chi connectivity index (χ4v) is 1.50. The van der Waals surface area contributed by atoms with E-state index in [9.17, 15) is 0 Å². The summed E-state index contributed by atoms with van der Waals surface area (Å²) in [5, 5.41) is 9.44. The van der Waals surface area contributed by atoms with E-state index in [2.05, 4.69) is 9.97 Å². The van der Waals surface area contributed by atoms with Crippen molar-refractivity contribution >= 4 is 22.6 Å². The maximum atomic E-state index is 8.86. The van der Waals surface area contributed by atoms with E-state index < -0.39 is 6.04 Å². The molecule has 0 saturated heterocycles. The lowest BCUT2D eigenvalue weighted by atomic mass is 10.3. The normalized spacial score (nSPS) is 13.4. The van der Waals surface area contributed by atoms with Crippen LogP contribution in [0.1, 0.15) is 11.9 Å². The molecule has 5 heteroatoms. The molecule has 0 aliphatic carbocycles. The number of nitrogens with zero attached hydrogens (tertiary/aromatic N) is 1. The largest absolute Gasteiger partial charge is 0.394 e. The van der Waals surface area contributed by atoms with Crippen LogP contribution in [0.2, 0.25) is 5.02 Å². The standard InChI is InChI=1S/C9H10ClN3O/c10-5-2-1-3-7-8(5)13-9(12-7)6(11)4-14/h1-3,6,14H,4,11H2,(H,12,13). The van der Waals surface area contributed by atoms with Crippen molar-refractivity contribution in [1.29, 1.82) is 0 Å². The fraction of sp³-hybridized carbons (Fsp3) is 0.222. The molecule has 0 aliphatic rings. The minimum atomic E-state index is -0.488. The maximum Gasteiger partial charge on any atom is 0.126 e. The zero-order valence-corrected chi connectivity index (χ0v) is 8.12. The molecule has 0 fully saturated rings. The Hall–Kier alpha value is -1.10. The second-order valence-corrected chi connectivity index (χ2v) is 3.45. The summed E-state index contributed by atoms with van der Waals surface area (Å²) in [5.74, 6) is 0.551. The molecule has 0 bridgehead atoms. The molecule has 1 atom stereocenters. The SMILES string of the molecule is NC(CO)c1nc2c(Cl)cccc2[nH]1. The van der Waals surface area contributed by atoms with Gasteiger partial charge in [0.2, 0.25) is 0 Å². The van der Waals surface area contributed by atoms with Gasteiger partial charge in [0, 0.05) is 0 Å². The van der Waals surface area contributed by atoms with Gasteiger partial charge >= 0.3 is 0 Å². The zero-order chi connectivity index (χ0) is 10.1. The van der Waals surface area contributed by atoms with E-state index in [1.54, 1.807) is 6.07 Å². The Bertz CT molecular complexity index is 454. The molecule has 0 radical (unpaired) electrons. The van der Waals surface area contributed by atoms with Crippen molar-refractivity contribution < 1.29 is 5.11 Å². The van der Waals surface area contributed by atoms with Crippen molar-refractivity contribution in [3.8, 4) is 0 Å². The van der Waals surface area contributed by atoms with Crippen LogP contribution in [0.25, 0.3) is 11.0 Å². The summed E-state index contributed by atoms with van der Waals surface area (Å²) in [5.41, 5.74) is 7.14. The van der Waals surface area contributed by atoms with Crippen molar-refractivity contribution in [1.82, 2.24) is 9.97 Å². The molecular formula is C9H10ClN3O. The van der Waals surface area contributed by atoms with Crippen LogP contribution >= 0.6 is 11.6 Å². The van der Waals surface area contributed by atoms with Crippen LogP contribution in [0.15, 0.2) is 18.2 Å². The lowest BCUT2D eigenvalue weighted by Gasteiger charge is -2.01. The van der Waals surface area contributed by atoms with Crippen molar-refractivity contribution in [3.05, 3.63) is 29.0 Å². The number of halogens is 1. The molecule has 4 N–H and O–H groups in total. The second-order valence-electron chi connectivity index (χ2n) is 3.05. The van der Waals surface area contributed by atoms with E-state index in [0.29, 0.717) is 16.4 Å². The van der Waals surface area contributed by atoms with Crippen molar-refractivity contribution in [3.63, 3.8) is 0 Å². The van der Waals surface area contributed by atoms with Gasteiger partial charge in [0.25, 0.3) is 0 Å². The first kappa shape index (κ1) is 9.45. The molecule has 4 nitrogen and oxygen atoms in total. The quantitative estimate of drug-likeness (QED) is 0.699. The van der Waals surface area contributed by atoms with Gasteiger partial charge in [-0.2, -0.15) is 0 Å². The number of hydrogen-bond acceptors (Lipinski definition) is 3. The molecule has 1 heterocycles. The molecule has 0 spiro atoms. The Labute approximate surface area is 85.7 Å². The monoisotopic (exact) mass is 211 g/mol. The number of aromatic amines is 1. The Morgan fingerprint density at radius 3 is 3.00 bits per heavy atom. The minimum Gasteiger partial charge on any atom is -0.394 e. The summed E-state index contributed by atoms with van der Waals surface area (Å²) in [6.45, 7) is -0.141. The number of fused-ring (bicyclic) bond motifs is 1. The highest BCUT2D eigenvalue weighted by atomic mass is 35.5. The van der Waals surface area contributed by atoms with E-state index in [4.69, 9.17) is 22.4 Å². The lowest BCUT2D eigenvalue weighted by molar-refractivity contribution is 0.264. The number of para-hydroxylation sites is 1. The summed E-state index contributed by atoms with van der Waals surface area (Å²) in [6, 6.07) is 4.97. The average Bonchev–Trinajstić information content (AvgIpc) is 2.62. The Kier molecular flexibility index (Phi) is 2.41. The predicted octanol–water partition coefficient (Wildman–Crippen LogP) is 1.21. The van der Waals surface area contributed by atoms with Crippen LogP contribution in [0, 0.1) is 0 Å². The van der Waals surface area contributed by atoms with Gasteiger partial charge in [-0.1, -0.05) is 17.7 Å². The van der Waals surface area contributed by atoms with Crippen molar-refractivity contribution in [2.75, 3.05) is 6.61 Å². The van der Waals surface area contributed by atoms with Crippen molar-refractivity contribution in [2.45, 2.75) is 6.04 Å². The third-order valence-corrected chi connectivity index (χ3v) is 2.33. The number of H-pyrrole nitrogens is 1. The smallest absolute Gasteiger partial charge is 0.126 e. The van der Waals surface area contributed by atoms with E-state index in [1.807, 2.05) is 12.1 Å². The summed E-state index contributed by atoms with van der Waals surface area (Å²) in [7, 11) is 0. The summed E-state index contributed by atoms with van der Waals surface area (Å²) < 4.78 is 0. The fourth-order valence-electron chi connectivity index (χ4n) is 1.28. The lowest BCUT2D eigenvalue weighted by Crippen LogP contribution is -2.15. The van der Waals surface area contributed by atoms with Gasteiger partial charge in [-0.15, -0.1) is 0 Å². The molecule has 74 valence electrons. The molecule has 0 amide bonds. The van der Waals surface area contributed by atoms with Gasteiger partial charge in [-0.3, -0.25) is 0 Å². The molecule has 0 aliphatic heterocycles. The third kappa shape index (κ3) is 1.48. The molecular weight excluding hydrogens is 202 g/mol. The topological polar surface area (TPSA) is 74.9 Å². The first-order chi connectivity index (χ1) is 6.72. The number of rotatable bonds is 2. The third-order valence-electron chi connectivity index (χ3n) is 2.03. The van der Waals surface area contributed by atoms with Crippen LogP contribution in [0.4, 0.5) is 0 Å². The number of imidazole rings is 1. The van der Waals surface area contributed by atoms with Gasteiger partial charge in [0.15, 0.2) is 0 Å². The summed E-state index contributed by atoms with van der Waals surface area (Å²) >= 11 is 5.93. The predicted molar refractivity (Wildman–Crippen MR) is 55.1 cm³/mol. The maximum absolute atomic E-state index is 8.86. The number of benzene rings is 1. The van der Waals surface area contributed by atoms with E-state index in [0.717, 1.165) is 5.52 Å². The molecule has 2 aromatic rings. The number of aliphatic hydroxyl groups is 1. The highest BCUT2D eigenvalue weighted by Gasteiger charge is 2.11. The number of hydrogen-bond donors (Lipinski definition) is 3. The summed E-state index contributed by atoms with van der Waals surface area (Å²) in [6.07, 6.45) is 0. The highest BCUT2D eigenvalue weighted by Crippen LogP contribution is 2.22. The number of aliphatic hydroxyl groups excluding tert-OH is 1. The molecule has 1 unspecified atom stereocenters. The Balaban J connectivity index is 2.56. The van der Waals surface area contributed by atoms with Gasteiger partial charge in [0.1, 0.15) is 11.3 Å². The van der Waals surface area contributed by atoms with E-state index >= 15 is 0 Å². The number of nitrogens with two attached hydrogens (primary N) is 1. The minimum absolute atomic E-state index is 0.141. The molecule has 1 aromatic heterocycles. The van der Waals surface area contributed by atoms with Gasteiger partial charge in [0.05, 0.1) is 23.2 Å². The number of aromatic nitrogens is 2. The first-order valence-electron chi connectivity index (χ1n) is 4.23. The van der Waals surface area contributed by atoms with Gasteiger partial charge in [-0.25, -0.2) is 4.98 Å². The van der Waals surface area contributed by atoms with Crippen LogP contribution in [-0.4, -0.2) is 21.7 Å². The van der Waals surface area contributed by atoms with Gasteiger partial charge < -0.3 is 15.8 Å². The van der Waals surface area contributed by atoms with Crippen LogP contribution in [-0.2, 0) is 0 Å². The molecule has 14 heavy (non-hydrogen) atoms. The van der Waals surface area contributed by atoms with E-state index in [1.165, 1.54) is 0 Å². The Morgan fingerprint density at radius 2 is 2.36 bits per heavy atom. The van der Waals surface area contributed by atoms with Crippen molar-refractivity contribution in [2.24, 2.45) is 5.73 Å². The second kappa shape index (κ2) is 3.57. The average molecular weight is 212 g/mol. The molecule has 0 saturated carbocycles. The zero-order valence-electron chi connectivity index (χ0n) is 7.37. The summed E-state index contributed by atoms with van der Waals surface area (Å²) in [4.78, 5) is 7.22. The van der Waals surface area contributed by atoms with Crippen LogP contribution in [0.5, 0.6) is 0 Å². The number of nitrogens with one attached hydrogen (secondary N) is 1. The van der Waals surface area contributed by atoms with Crippen LogP contribution in [0.3, 0.4) is 0 Å². The first-order valence-corrected chi connectivity index (χ1v) is 4.60. The molecule has 1 aromatic carbocycles. The molecule has 2 rings (SSSR count). The van der Waals surface area contributed by atoms with E-state index in [-0.39, 0.29) is 6.61 Å². The van der Waals surface area contributed by atoms with Crippen LogP contribution < -0.4 is 5.73 Å².